The molecule has 0 aliphatic carbocycles. The van der Waals surface area contributed by atoms with Gasteiger partial charge >= 0.3 is 0 Å². The van der Waals surface area contributed by atoms with Crippen molar-refractivity contribution in [2.24, 2.45) is 7.05 Å². The minimum Gasteiger partial charge on any atom is -0.315 e. The molecular formula is C10H18N4. The van der Waals surface area contributed by atoms with Gasteiger partial charge in [0.05, 0.1) is 0 Å². The predicted octanol–water partition coefficient (Wildman–Crippen LogP) is 0.799. The van der Waals surface area contributed by atoms with Gasteiger partial charge in [0.25, 0.3) is 0 Å². The van der Waals surface area contributed by atoms with E-state index in [-0.39, 0.29) is 5.41 Å². The van der Waals surface area contributed by atoms with Crippen LogP contribution in [-0.2, 0) is 12.5 Å². The number of nitrogens with one attached hydrogen (secondary N) is 1. The summed E-state index contributed by atoms with van der Waals surface area (Å²) in [7, 11) is 1.98. The summed E-state index contributed by atoms with van der Waals surface area (Å²) in [5.41, 5.74) is 0.0805. The highest BCUT2D eigenvalue weighted by molar-refractivity contribution is 5.09. The van der Waals surface area contributed by atoms with E-state index < -0.39 is 0 Å². The van der Waals surface area contributed by atoms with Gasteiger partial charge in [-0.3, -0.25) is 4.68 Å². The summed E-state index contributed by atoms with van der Waals surface area (Å²) in [6.07, 6.45) is 0. The van der Waals surface area contributed by atoms with E-state index in [9.17, 15) is 0 Å². The molecule has 14 heavy (non-hydrogen) atoms. The molecule has 0 saturated carbocycles. The molecule has 0 atom stereocenters. The number of hydrogen-bond donors (Lipinski definition) is 1. The van der Waals surface area contributed by atoms with Crippen LogP contribution >= 0.6 is 0 Å². The summed E-state index contributed by atoms with van der Waals surface area (Å²) in [5, 5.41) is 7.70. The molecule has 2 heterocycles. The Morgan fingerprint density at radius 1 is 1.36 bits per heavy atom. The summed E-state index contributed by atoms with van der Waals surface area (Å²) in [6.45, 7) is 8.54. The summed E-state index contributed by atoms with van der Waals surface area (Å²) in [4.78, 5) is 4.61. The van der Waals surface area contributed by atoms with Crippen LogP contribution in [0.4, 0.5) is 0 Å². The van der Waals surface area contributed by atoms with Crippen LogP contribution in [0.1, 0.15) is 38.3 Å². The van der Waals surface area contributed by atoms with Crippen molar-refractivity contribution < 1.29 is 0 Å². The second kappa shape index (κ2) is 3.05. The van der Waals surface area contributed by atoms with Crippen LogP contribution in [0.3, 0.4) is 0 Å². The Labute approximate surface area is 84.7 Å². The molecule has 1 aliphatic heterocycles. The number of aromatic nitrogens is 3. The van der Waals surface area contributed by atoms with Crippen LogP contribution in [0.5, 0.6) is 0 Å². The van der Waals surface area contributed by atoms with Gasteiger partial charge in [-0.1, -0.05) is 20.8 Å². The Balaban J connectivity index is 2.29. The second-order valence-corrected chi connectivity index (χ2v) is 5.02. The largest absolute Gasteiger partial charge is 0.315 e. The molecule has 1 fully saturated rings. The fourth-order valence-electron chi connectivity index (χ4n) is 1.70. The molecule has 0 unspecified atom stereocenters. The molecule has 78 valence electrons. The van der Waals surface area contributed by atoms with Gasteiger partial charge in [0.15, 0.2) is 5.82 Å². The lowest BCUT2D eigenvalue weighted by Crippen LogP contribution is -2.40. The highest BCUT2D eigenvalue weighted by Gasteiger charge is 2.27. The predicted molar refractivity (Wildman–Crippen MR) is 55.3 cm³/mol. The van der Waals surface area contributed by atoms with Crippen molar-refractivity contribution in [1.82, 2.24) is 20.1 Å². The fraction of sp³-hybridized carbons (Fsp3) is 0.800. The van der Waals surface area contributed by atoms with E-state index in [2.05, 4.69) is 36.2 Å². The average Bonchev–Trinajstić information content (AvgIpc) is 2.25. The molecule has 0 amide bonds. The maximum absolute atomic E-state index is 4.61. The first-order valence-corrected chi connectivity index (χ1v) is 5.10. The van der Waals surface area contributed by atoms with Crippen molar-refractivity contribution in [3.05, 3.63) is 11.6 Å². The van der Waals surface area contributed by atoms with E-state index >= 15 is 0 Å². The first kappa shape index (κ1) is 9.65. The first-order chi connectivity index (χ1) is 6.48. The molecule has 4 heteroatoms. The first-order valence-electron chi connectivity index (χ1n) is 5.10. The lowest BCUT2D eigenvalue weighted by atomic mass is 9.95. The summed E-state index contributed by atoms with van der Waals surface area (Å²) in [6, 6.07) is 0. The molecule has 1 aromatic heterocycles. The highest BCUT2D eigenvalue weighted by Crippen LogP contribution is 2.23. The van der Waals surface area contributed by atoms with Crippen LogP contribution in [0.25, 0.3) is 0 Å². The fourth-order valence-corrected chi connectivity index (χ4v) is 1.70. The molecule has 0 spiro atoms. The molecule has 1 N–H and O–H groups in total. The molecule has 4 nitrogen and oxygen atoms in total. The van der Waals surface area contributed by atoms with Crippen molar-refractivity contribution in [2.45, 2.75) is 32.1 Å². The molecule has 0 aromatic carbocycles. The zero-order valence-corrected chi connectivity index (χ0v) is 9.33. The molecule has 0 radical (unpaired) electrons. The Hall–Kier alpha value is -0.900. The minimum absolute atomic E-state index is 0.0805. The van der Waals surface area contributed by atoms with E-state index in [0.717, 1.165) is 24.7 Å². The maximum Gasteiger partial charge on any atom is 0.156 e. The Morgan fingerprint density at radius 2 is 2.00 bits per heavy atom. The van der Waals surface area contributed by atoms with E-state index in [4.69, 9.17) is 0 Å². The van der Waals surface area contributed by atoms with Crippen molar-refractivity contribution in [1.29, 1.82) is 0 Å². The monoisotopic (exact) mass is 194 g/mol. The van der Waals surface area contributed by atoms with Crippen LogP contribution in [0.15, 0.2) is 0 Å². The average molecular weight is 194 g/mol. The topological polar surface area (TPSA) is 42.7 Å². The van der Waals surface area contributed by atoms with Crippen molar-refractivity contribution in [3.8, 4) is 0 Å². The van der Waals surface area contributed by atoms with Crippen molar-refractivity contribution >= 4 is 0 Å². The summed E-state index contributed by atoms with van der Waals surface area (Å²) in [5.74, 6) is 2.59. The molecule has 1 aliphatic rings. The quantitative estimate of drug-likeness (QED) is 0.719. The van der Waals surface area contributed by atoms with E-state index in [1.54, 1.807) is 0 Å². The second-order valence-electron chi connectivity index (χ2n) is 5.02. The molecule has 2 rings (SSSR count). The number of rotatable bonds is 1. The summed E-state index contributed by atoms with van der Waals surface area (Å²) < 4.78 is 1.91. The molecule has 1 saturated heterocycles. The van der Waals surface area contributed by atoms with Gasteiger partial charge in [-0.25, -0.2) is 4.98 Å². The minimum atomic E-state index is 0.0805. The van der Waals surface area contributed by atoms with E-state index in [1.165, 1.54) is 0 Å². The normalized spacial score (nSPS) is 18.3. The van der Waals surface area contributed by atoms with Crippen LogP contribution in [0.2, 0.25) is 0 Å². The van der Waals surface area contributed by atoms with Gasteiger partial charge in [-0.05, 0) is 0 Å². The van der Waals surface area contributed by atoms with Crippen LogP contribution in [-0.4, -0.2) is 27.9 Å². The molecule has 0 bridgehead atoms. The van der Waals surface area contributed by atoms with Crippen LogP contribution in [0, 0.1) is 0 Å². The zero-order valence-electron chi connectivity index (χ0n) is 9.33. The smallest absolute Gasteiger partial charge is 0.156 e. The van der Waals surface area contributed by atoms with E-state index in [0.29, 0.717) is 5.92 Å². The third kappa shape index (κ3) is 1.54. The SMILES string of the molecule is Cn1nc(C2CNC2)nc1C(C)(C)C. The Morgan fingerprint density at radius 3 is 2.36 bits per heavy atom. The standard InChI is InChI=1S/C10H18N4/c1-10(2,3)9-12-8(13-14(9)4)7-5-11-6-7/h7,11H,5-6H2,1-4H3. The van der Waals surface area contributed by atoms with Gasteiger partial charge < -0.3 is 5.32 Å². The lowest BCUT2D eigenvalue weighted by molar-refractivity contribution is 0.428. The van der Waals surface area contributed by atoms with Gasteiger partial charge in [0, 0.05) is 31.5 Å². The van der Waals surface area contributed by atoms with Gasteiger partial charge in [0.1, 0.15) is 5.82 Å². The van der Waals surface area contributed by atoms with E-state index in [1.807, 2.05) is 11.7 Å². The van der Waals surface area contributed by atoms with Gasteiger partial charge in [-0.15, -0.1) is 0 Å². The van der Waals surface area contributed by atoms with Crippen molar-refractivity contribution in [2.75, 3.05) is 13.1 Å². The highest BCUT2D eigenvalue weighted by atomic mass is 15.3. The Bertz CT molecular complexity index is 330. The molecular weight excluding hydrogens is 176 g/mol. The number of nitrogens with zero attached hydrogens (tertiary/aromatic N) is 3. The van der Waals surface area contributed by atoms with Gasteiger partial charge in [0.2, 0.25) is 0 Å². The van der Waals surface area contributed by atoms with Crippen molar-refractivity contribution in [3.63, 3.8) is 0 Å². The molecule has 1 aromatic rings. The zero-order chi connectivity index (χ0) is 10.3. The lowest BCUT2D eigenvalue weighted by Gasteiger charge is -2.23. The third-order valence-corrected chi connectivity index (χ3v) is 2.60. The third-order valence-electron chi connectivity index (χ3n) is 2.60. The maximum atomic E-state index is 4.61. The van der Waals surface area contributed by atoms with Gasteiger partial charge in [-0.2, -0.15) is 5.10 Å². The number of aryl methyl sites for hydroxylation is 1. The Kier molecular flexibility index (Phi) is 2.10. The number of hydrogen-bond acceptors (Lipinski definition) is 3. The van der Waals surface area contributed by atoms with Crippen LogP contribution < -0.4 is 5.32 Å². The summed E-state index contributed by atoms with van der Waals surface area (Å²) >= 11 is 0.